The fraction of sp³-hybridized carbons (Fsp3) is 0.316. The van der Waals surface area contributed by atoms with Crippen molar-refractivity contribution in [3.63, 3.8) is 0 Å². The van der Waals surface area contributed by atoms with Crippen LogP contribution in [0.5, 0.6) is 5.75 Å². The molecule has 1 N–H and O–H groups in total. The van der Waals surface area contributed by atoms with Gasteiger partial charge in [0.05, 0.1) is 6.04 Å². The zero-order valence-corrected chi connectivity index (χ0v) is 15.2. The normalized spacial score (nSPS) is 24.9. The molecule has 2 aromatic rings. The van der Waals surface area contributed by atoms with Crippen LogP contribution in [0.25, 0.3) is 0 Å². The maximum atomic E-state index is 6.42. The summed E-state index contributed by atoms with van der Waals surface area (Å²) in [5.41, 5.74) is 2.98. The van der Waals surface area contributed by atoms with E-state index in [1.165, 1.54) is 11.1 Å². The maximum absolute atomic E-state index is 6.42. The summed E-state index contributed by atoms with van der Waals surface area (Å²) >= 11 is 11.7. The highest BCUT2D eigenvalue weighted by Gasteiger charge is 2.48. The number of halogens is 1. The van der Waals surface area contributed by atoms with E-state index in [-0.39, 0.29) is 6.04 Å². The molecule has 2 aliphatic heterocycles. The molecule has 0 amide bonds. The Morgan fingerprint density at radius 2 is 2.04 bits per heavy atom. The van der Waals surface area contributed by atoms with E-state index >= 15 is 0 Å². The lowest BCUT2D eigenvalue weighted by Gasteiger charge is -2.52. The molecule has 3 nitrogen and oxygen atoms in total. The van der Waals surface area contributed by atoms with Crippen LogP contribution in [-0.4, -0.2) is 10.8 Å². The summed E-state index contributed by atoms with van der Waals surface area (Å²) in [5.74, 6) is 0.930. The summed E-state index contributed by atoms with van der Waals surface area (Å²) in [6, 6.07) is 14.3. The molecule has 24 heavy (non-hydrogen) atoms. The minimum absolute atomic E-state index is 0.182. The second-order valence-corrected chi connectivity index (χ2v) is 7.34. The van der Waals surface area contributed by atoms with Gasteiger partial charge in [-0.25, -0.2) is 0 Å². The van der Waals surface area contributed by atoms with Crippen molar-refractivity contribution in [2.75, 3.05) is 4.90 Å². The largest absolute Gasteiger partial charge is 0.467 e. The molecule has 0 spiro atoms. The third-order valence-electron chi connectivity index (χ3n) is 4.83. The molecule has 2 aromatic carbocycles. The van der Waals surface area contributed by atoms with E-state index in [0.29, 0.717) is 10.1 Å². The number of hydrogen-bond donors (Lipinski definition) is 1. The lowest BCUT2D eigenvalue weighted by molar-refractivity contribution is 0.0497. The lowest BCUT2D eigenvalue weighted by Crippen LogP contribution is -2.65. The third kappa shape index (κ3) is 2.45. The summed E-state index contributed by atoms with van der Waals surface area (Å²) in [6.45, 7) is 4.26. The standard InChI is InChI=1S/C19H19ClN2OS/c1-3-12-4-9-17-15(10-12)16-11-19(2,23-17)22(18(24)21-16)14-7-5-13(20)6-8-14/h4-10,16H,3,11H2,1-2H3,(H,21,24)/t16-,19-/m1/s1. The van der Waals surface area contributed by atoms with E-state index in [9.17, 15) is 0 Å². The molecular weight excluding hydrogens is 340 g/mol. The Balaban J connectivity index is 1.77. The number of ether oxygens (including phenoxy) is 1. The van der Waals surface area contributed by atoms with Gasteiger partial charge in [-0.15, -0.1) is 0 Å². The van der Waals surface area contributed by atoms with Gasteiger partial charge >= 0.3 is 0 Å². The quantitative estimate of drug-likeness (QED) is 0.776. The van der Waals surface area contributed by atoms with E-state index < -0.39 is 5.72 Å². The highest BCUT2D eigenvalue weighted by molar-refractivity contribution is 7.80. The van der Waals surface area contributed by atoms with Gasteiger partial charge in [-0.3, -0.25) is 4.90 Å². The predicted molar refractivity (Wildman–Crippen MR) is 102 cm³/mol. The summed E-state index contributed by atoms with van der Waals surface area (Å²) in [6.07, 6.45) is 1.84. The first-order valence-electron chi connectivity index (χ1n) is 8.18. The maximum Gasteiger partial charge on any atom is 0.188 e. The minimum Gasteiger partial charge on any atom is -0.467 e. The second-order valence-electron chi connectivity index (χ2n) is 6.52. The molecule has 0 saturated carbocycles. The zero-order chi connectivity index (χ0) is 16.9. The van der Waals surface area contributed by atoms with Crippen molar-refractivity contribution < 1.29 is 4.74 Å². The van der Waals surface area contributed by atoms with E-state index in [1.54, 1.807) is 0 Å². The molecule has 2 bridgehead atoms. The van der Waals surface area contributed by atoms with Crippen molar-refractivity contribution in [3.8, 4) is 5.75 Å². The molecular formula is C19H19ClN2OS. The number of benzene rings is 2. The summed E-state index contributed by atoms with van der Waals surface area (Å²) in [5, 5.41) is 4.88. The molecule has 4 rings (SSSR count). The summed E-state index contributed by atoms with van der Waals surface area (Å²) < 4.78 is 6.42. The van der Waals surface area contributed by atoms with Gasteiger partial charge in [0.25, 0.3) is 0 Å². The van der Waals surface area contributed by atoms with Crippen molar-refractivity contribution in [1.29, 1.82) is 0 Å². The number of anilines is 1. The fourth-order valence-electron chi connectivity index (χ4n) is 3.62. The summed E-state index contributed by atoms with van der Waals surface area (Å²) in [7, 11) is 0. The Bertz CT molecular complexity index is 808. The molecule has 2 heterocycles. The molecule has 2 aliphatic rings. The van der Waals surface area contributed by atoms with Crippen LogP contribution in [0, 0.1) is 0 Å². The Kier molecular flexibility index (Phi) is 3.70. The van der Waals surface area contributed by atoms with E-state index in [2.05, 4.69) is 37.4 Å². The molecule has 124 valence electrons. The SMILES string of the molecule is CCc1ccc2c(c1)[C@H]1C[C@@](C)(O2)N(c2ccc(Cl)cc2)C(=S)N1. The Labute approximate surface area is 152 Å². The van der Waals surface area contributed by atoms with Crippen molar-refractivity contribution >= 4 is 34.6 Å². The second kappa shape index (κ2) is 5.64. The summed E-state index contributed by atoms with van der Waals surface area (Å²) in [4.78, 5) is 2.05. The highest BCUT2D eigenvalue weighted by Crippen LogP contribution is 2.45. The number of thiocarbonyl (C=S) groups is 1. The number of nitrogens with zero attached hydrogens (tertiary/aromatic N) is 1. The van der Waals surface area contributed by atoms with E-state index in [0.717, 1.165) is 24.3 Å². The monoisotopic (exact) mass is 358 g/mol. The average molecular weight is 359 g/mol. The number of hydrogen-bond acceptors (Lipinski definition) is 2. The molecule has 5 heteroatoms. The molecule has 0 aromatic heterocycles. The van der Waals surface area contributed by atoms with Crippen LogP contribution in [0.15, 0.2) is 42.5 Å². The first-order valence-corrected chi connectivity index (χ1v) is 8.97. The van der Waals surface area contributed by atoms with E-state index in [1.807, 2.05) is 29.2 Å². The Morgan fingerprint density at radius 1 is 1.29 bits per heavy atom. The van der Waals surface area contributed by atoms with Crippen LogP contribution >= 0.6 is 23.8 Å². The number of aryl methyl sites for hydroxylation is 1. The van der Waals surface area contributed by atoms with Crippen LogP contribution < -0.4 is 15.0 Å². The van der Waals surface area contributed by atoms with Gasteiger partial charge in [-0.2, -0.15) is 0 Å². The first kappa shape index (κ1) is 15.7. The van der Waals surface area contributed by atoms with Gasteiger partial charge in [0.2, 0.25) is 0 Å². The van der Waals surface area contributed by atoms with Crippen molar-refractivity contribution in [1.82, 2.24) is 5.32 Å². The predicted octanol–water partition coefficient (Wildman–Crippen LogP) is 4.84. The topological polar surface area (TPSA) is 24.5 Å². The fourth-order valence-corrected chi connectivity index (χ4v) is 4.19. The molecule has 0 radical (unpaired) electrons. The van der Waals surface area contributed by atoms with Gasteiger partial charge < -0.3 is 10.1 Å². The average Bonchev–Trinajstić information content (AvgIpc) is 2.55. The first-order chi connectivity index (χ1) is 11.5. The Hall–Kier alpha value is -1.78. The van der Waals surface area contributed by atoms with Crippen molar-refractivity contribution in [3.05, 3.63) is 58.6 Å². The van der Waals surface area contributed by atoms with Gasteiger partial charge in [0.15, 0.2) is 10.8 Å². The molecule has 2 atom stereocenters. The minimum atomic E-state index is -0.512. The molecule has 1 fully saturated rings. The molecule has 0 unspecified atom stereocenters. The lowest BCUT2D eigenvalue weighted by atomic mass is 9.89. The zero-order valence-electron chi connectivity index (χ0n) is 13.7. The van der Waals surface area contributed by atoms with Gasteiger partial charge in [0, 0.05) is 22.7 Å². The van der Waals surface area contributed by atoms with Gasteiger partial charge in [-0.1, -0.05) is 30.7 Å². The number of nitrogens with one attached hydrogen (secondary N) is 1. The van der Waals surface area contributed by atoms with Gasteiger partial charge in [0.1, 0.15) is 5.75 Å². The Morgan fingerprint density at radius 3 is 2.75 bits per heavy atom. The smallest absolute Gasteiger partial charge is 0.188 e. The molecule has 0 aliphatic carbocycles. The van der Waals surface area contributed by atoms with Crippen LogP contribution in [0.4, 0.5) is 5.69 Å². The van der Waals surface area contributed by atoms with E-state index in [4.69, 9.17) is 28.6 Å². The molecule has 1 saturated heterocycles. The third-order valence-corrected chi connectivity index (χ3v) is 5.38. The van der Waals surface area contributed by atoms with Crippen molar-refractivity contribution in [2.45, 2.75) is 38.5 Å². The van der Waals surface area contributed by atoms with Crippen LogP contribution in [0.2, 0.25) is 5.02 Å². The number of rotatable bonds is 2. The number of fused-ring (bicyclic) bond motifs is 4. The van der Waals surface area contributed by atoms with Gasteiger partial charge in [-0.05, 0) is 61.5 Å². The van der Waals surface area contributed by atoms with Crippen LogP contribution in [-0.2, 0) is 6.42 Å². The van der Waals surface area contributed by atoms with Crippen LogP contribution in [0.3, 0.4) is 0 Å². The highest BCUT2D eigenvalue weighted by atomic mass is 35.5. The van der Waals surface area contributed by atoms with Crippen molar-refractivity contribution in [2.24, 2.45) is 0 Å². The van der Waals surface area contributed by atoms with Crippen LogP contribution in [0.1, 0.15) is 37.4 Å².